The van der Waals surface area contributed by atoms with Crippen molar-refractivity contribution in [3.05, 3.63) is 12.3 Å². The highest BCUT2D eigenvalue weighted by Gasteiger charge is 2.17. The van der Waals surface area contributed by atoms with Gasteiger partial charge >= 0.3 is 0 Å². The maximum absolute atomic E-state index is 5.35. The molecule has 1 aromatic rings. The van der Waals surface area contributed by atoms with Crippen LogP contribution < -0.4 is 4.74 Å². The van der Waals surface area contributed by atoms with E-state index in [0.29, 0.717) is 6.10 Å². The maximum atomic E-state index is 5.35. The van der Waals surface area contributed by atoms with Crippen LogP contribution >= 0.6 is 0 Å². The molecule has 0 radical (unpaired) electrons. The smallest absolute Gasteiger partial charge is 0.212 e. The average molecular weight is 124 g/mol. The number of ether oxygens (including phenoxy) is 1. The van der Waals surface area contributed by atoms with E-state index >= 15 is 0 Å². The van der Waals surface area contributed by atoms with Crippen LogP contribution in [0.5, 0.6) is 5.88 Å². The first kappa shape index (κ1) is 4.85. The second kappa shape index (κ2) is 1.50. The number of fused-ring (bicyclic) bond motifs is 1. The monoisotopic (exact) mass is 124 g/mol. The van der Waals surface area contributed by atoms with Crippen LogP contribution in [-0.4, -0.2) is 15.9 Å². The van der Waals surface area contributed by atoms with Gasteiger partial charge < -0.3 is 4.74 Å². The van der Waals surface area contributed by atoms with Gasteiger partial charge in [-0.2, -0.15) is 5.10 Å². The summed E-state index contributed by atoms with van der Waals surface area (Å²) >= 11 is 0. The lowest BCUT2D eigenvalue weighted by Gasteiger charge is -1.97. The third-order valence-electron chi connectivity index (χ3n) is 1.43. The molecule has 0 aromatic carbocycles. The van der Waals surface area contributed by atoms with Gasteiger partial charge in [-0.1, -0.05) is 0 Å². The SMILES string of the molecule is CC1Cn2nccc2O1. The van der Waals surface area contributed by atoms with Crippen molar-refractivity contribution in [2.45, 2.75) is 19.6 Å². The largest absolute Gasteiger partial charge is 0.473 e. The summed E-state index contributed by atoms with van der Waals surface area (Å²) < 4.78 is 7.21. The highest BCUT2D eigenvalue weighted by Crippen LogP contribution is 2.18. The van der Waals surface area contributed by atoms with Gasteiger partial charge in [-0.25, -0.2) is 4.68 Å². The Bertz CT molecular complexity index is 198. The Morgan fingerprint density at radius 1 is 1.89 bits per heavy atom. The molecular weight excluding hydrogens is 116 g/mol. The van der Waals surface area contributed by atoms with Gasteiger partial charge in [0.05, 0.1) is 12.7 Å². The van der Waals surface area contributed by atoms with E-state index in [4.69, 9.17) is 4.74 Å². The lowest BCUT2D eigenvalue weighted by atomic mass is 10.4. The molecular formula is C6H8N2O. The first-order chi connectivity index (χ1) is 4.36. The minimum absolute atomic E-state index is 0.300. The molecule has 0 aliphatic carbocycles. The van der Waals surface area contributed by atoms with Gasteiger partial charge in [0.2, 0.25) is 5.88 Å². The summed E-state index contributed by atoms with van der Waals surface area (Å²) in [6.45, 7) is 2.93. The molecule has 0 saturated carbocycles. The van der Waals surface area contributed by atoms with Gasteiger partial charge in [0.1, 0.15) is 6.10 Å². The standard InChI is InChI=1S/C6H8N2O/c1-5-4-8-6(9-5)2-3-7-8/h2-3,5H,4H2,1H3. The summed E-state index contributed by atoms with van der Waals surface area (Å²) in [5.74, 6) is 0.891. The molecule has 1 aromatic heterocycles. The van der Waals surface area contributed by atoms with Gasteiger partial charge in [-0.15, -0.1) is 0 Å². The summed E-state index contributed by atoms with van der Waals surface area (Å²) in [6.07, 6.45) is 2.05. The zero-order valence-corrected chi connectivity index (χ0v) is 5.24. The molecule has 1 atom stereocenters. The Kier molecular flexibility index (Phi) is 0.806. The molecule has 3 nitrogen and oxygen atoms in total. The predicted molar refractivity (Wildman–Crippen MR) is 32.3 cm³/mol. The summed E-state index contributed by atoms with van der Waals surface area (Å²) in [7, 11) is 0. The summed E-state index contributed by atoms with van der Waals surface area (Å²) in [6, 6.07) is 1.88. The van der Waals surface area contributed by atoms with Crippen LogP contribution in [-0.2, 0) is 6.54 Å². The molecule has 1 aliphatic heterocycles. The number of rotatable bonds is 0. The van der Waals surface area contributed by atoms with Crippen molar-refractivity contribution in [1.82, 2.24) is 9.78 Å². The zero-order chi connectivity index (χ0) is 6.27. The molecule has 0 N–H and O–H groups in total. The number of nitrogens with zero attached hydrogens (tertiary/aromatic N) is 2. The third kappa shape index (κ3) is 0.608. The molecule has 2 heterocycles. The number of hydrogen-bond acceptors (Lipinski definition) is 2. The van der Waals surface area contributed by atoms with Crippen molar-refractivity contribution in [3.8, 4) is 5.88 Å². The minimum atomic E-state index is 0.300. The van der Waals surface area contributed by atoms with Gasteiger partial charge in [0, 0.05) is 6.07 Å². The van der Waals surface area contributed by atoms with Crippen molar-refractivity contribution in [1.29, 1.82) is 0 Å². The van der Waals surface area contributed by atoms with Crippen LogP contribution in [0.1, 0.15) is 6.92 Å². The third-order valence-corrected chi connectivity index (χ3v) is 1.43. The van der Waals surface area contributed by atoms with Crippen LogP contribution in [0.3, 0.4) is 0 Å². The van der Waals surface area contributed by atoms with Crippen molar-refractivity contribution in [3.63, 3.8) is 0 Å². The molecule has 0 bridgehead atoms. The van der Waals surface area contributed by atoms with Gasteiger partial charge in [-0.3, -0.25) is 0 Å². The fourth-order valence-corrected chi connectivity index (χ4v) is 1.04. The molecule has 3 heteroatoms. The Labute approximate surface area is 53.2 Å². The predicted octanol–water partition coefficient (Wildman–Crippen LogP) is 0.664. The van der Waals surface area contributed by atoms with Gasteiger partial charge in [0.25, 0.3) is 0 Å². The highest BCUT2D eigenvalue weighted by atomic mass is 16.5. The van der Waals surface area contributed by atoms with Crippen molar-refractivity contribution < 1.29 is 4.74 Å². The Balaban J connectivity index is 2.39. The Morgan fingerprint density at radius 2 is 2.78 bits per heavy atom. The quantitative estimate of drug-likeness (QED) is 0.508. The topological polar surface area (TPSA) is 27.1 Å². The molecule has 0 fully saturated rings. The van der Waals surface area contributed by atoms with Gasteiger partial charge in [-0.05, 0) is 6.92 Å². The van der Waals surface area contributed by atoms with Crippen molar-refractivity contribution in [2.24, 2.45) is 0 Å². The van der Waals surface area contributed by atoms with Crippen LogP contribution in [0.15, 0.2) is 12.3 Å². The summed E-state index contributed by atoms with van der Waals surface area (Å²) in [5.41, 5.74) is 0. The Morgan fingerprint density at radius 3 is 3.56 bits per heavy atom. The van der Waals surface area contributed by atoms with Crippen molar-refractivity contribution >= 4 is 0 Å². The second-order valence-corrected chi connectivity index (χ2v) is 2.28. The molecule has 9 heavy (non-hydrogen) atoms. The summed E-state index contributed by atoms with van der Waals surface area (Å²) in [4.78, 5) is 0. The lowest BCUT2D eigenvalue weighted by Crippen LogP contribution is -2.08. The van der Waals surface area contributed by atoms with Crippen LogP contribution in [0.2, 0.25) is 0 Å². The van der Waals surface area contributed by atoms with E-state index in [2.05, 4.69) is 5.10 Å². The molecule has 48 valence electrons. The lowest BCUT2D eigenvalue weighted by molar-refractivity contribution is 0.253. The van der Waals surface area contributed by atoms with E-state index in [-0.39, 0.29) is 0 Å². The average Bonchev–Trinajstić information content (AvgIpc) is 2.22. The maximum Gasteiger partial charge on any atom is 0.212 e. The summed E-state index contributed by atoms with van der Waals surface area (Å²) in [5, 5.41) is 4.04. The Hall–Kier alpha value is -0.990. The van der Waals surface area contributed by atoms with E-state index in [9.17, 15) is 0 Å². The first-order valence-electron chi connectivity index (χ1n) is 3.05. The zero-order valence-electron chi connectivity index (χ0n) is 5.24. The second-order valence-electron chi connectivity index (χ2n) is 2.28. The molecule has 2 rings (SSSR count). The van der Waals surface area contributed by atoms with Crippen LogP contribution in [0.25, 0.3) is 0 Å². The fourth-order valence-electron chi connectivity index (χ4n) is 1.04. The molecule has 1 aliphatic rings. The first-order valence-corrected chi connectivity index (χ1v) is 3.05. The van der Waals surface area contributed by atoms with Crippen LogP contribution in [0.4, 0.5) is 0 Å². The number of hydrogen-bond donors (Lipinski definition) is 0. The van der Waals surface area contributed by atoms with E-state index in [1.54, 1.807) is 6.20 Å². The normalized spacial score (nSPS) is 23.4. The van der Waals surface area contributed by atoms with E-state index in [1.807, 2.05) is 17.7 Å². The number of aromatic nitrogens is 2. The van der Waals surface area contributed by atoms with E-state index in [0.717, 1.165) is 12.4 Å². The van der Waals surface area contributed by atoms with E-state index in [1.165, 1.54) is 0 Å². The minimum Gasteiger partial charge on any atom is -0.473 e. The van der Waals surface area contributed by atoms with E-state index < -0.39 is 0 Å². The fraction of sp³-hybridized carbons (Fsp3) is 0.500. The molecule has 0 saturated heterocycles. The molecule has 1 unspecified atom stereocenters. The highest BCUT2D eigenvalue weighted by molar-refractivity contribution is 5.11. The molecule has 0 amide bonds. The van der Waals surface area contributed by atoms with Crippen molar-refractivity contribution in [2.75, 3.05) is 0 Å². The molecule has 0 spiro atoms. The van der Waals surface area contributed by atoms with Gasteiger partial charge in [0.15, 0.2) is 0 Å². The van der Waals surface area contributed by atoms with Crippen LogP contribution in [0, 0.1) is 0 Å².